The Balaban J connectivity index is 1.22. The summed E-state index contributed by atoms with van der Waals surface area (Å²) in [5.74, 6) is 2.41. The van der Waals surface area contributed by atoms with E-state index in [1.165, 1.54) is 42.4 Å². The average molecular weight is 699 g/mol. The van der Waals surface area contributed by atoms with Crippen LogP contribution in [0.2, 0.25) is 0 Å². The van der Waals surface area contributed by atoms with Crippen LogP contribution in [-0.2, 0) is 5.41 Å². The Morgan fingerprint density at radius 2 is 1.17 bits per heavy atom. The molecule has 1 aliphatic rings. The van der Waals surface area contributed by atoms with Crippen molar-refractivity contribution in [3.63, 3.8) is 0 Å². The molecule has 53 heavy (non-hydrogen) atoms. The average Bonchev–Trinajstić information content (AvgIpc) is 3.88. The van der Waals surface area contributed by atoms with Crippen LogP contribution in [0.5, 0.6) is 0 Å². The van der Waals surface area contributed by atoms with E-state index in [4.69, 9.17) is 24.4 Å². The molecule has 0 saturated carbocycles. The van der Waals surface area contributed by atoms with Gasteiger partial charge in [0.2, 0.25) is 5.89 Å². The minimum absolute atomic E-state index is 0.185. The summed E-state index contributed by atoms with van der Waals surface area (Å²) in [7, 11) is 0. The standard InChI is InChI=1S/C47H30N4OS/c1-47(2)35-19-11-9-18-32(35)40-36(47)23-22-31-34(26-37-42(41(31)40)52-46(48-37)28-15-7-4-8-16-28)45-50-43(27-13-5-3-6-14-27)49-44(51-45)29-21-24-39-33(25-29)30-17-10-12-20-38(30)53-39/h3-26H,1-2H3. The summed E-state index contributed by atoms with van der Waals surface area (Å²) in [4.78, 5) is 20.7. The first-order valence-corrected chi connectivity index (χ1v) is 18.6. The lowest BCUT2D eigenvalue weighted by Gasteiger charge is -2.21. The van der Waals surface area contributed by atoms with Gasteiger partial charge in [0.05, 0.1) is 0 Å². The van der Waals surface area contributed by atoms with Gasteiger partial charge in [-0.2, -0.15) is 0 Å². The van der Waals surface area contributed by atoms with E-state index >= 15 is 0 Å². The van der Waals surface area contributed by atoms with Gasteiger partial charge in [0.25, 0.3) is 0 Å². The summed E-state index contributed by atoms with van der Waals surface area (Å²) >= 11 is 1.80. The molecule has 0 spiro atoms. The summed E-state index contributed by atoms with van der Waals surface area (Å²) in [6.45, 7) is 4.61. The Morgan fingerprint density at radius 3 is 2.00 bits per heavy atom. The largest absolute Gasteiger partial charge is 0.435 e. The lowest BCUT2D eigenvalue weighted by atomic mass is 9.82. The van der Waals surface area contributed by atoms with Gasteiger partial charge in [0, 0.05) is 53.2 Å². The molecule has 1 aliphatic carbocycles. The van der Waals surface area contributed by atoms with Crippen LogP contribution in [0.25, 0.3) is 98.8 Å². The van der Waals surface area contributed by atoms with E-state index in [1.807, 2.05) is 48.5 Å². The molecule has 0 N–H and O–H groups in total. The van der Waals surface area contributed by atoms with E-state index in [0.29, 0.717) is 23.4 Å². The normalized spacial score (nSPS) is 13.2. The van der Waals surface area contributed by atoms with Crippen LogP contribution < -0.4 is 0 Å². The van der Waals surface area contributed by atoms with E-state index in [2.05, 4.69) is 111 Å². The van der Waals surface area contributed by atoms with Crippen LogP contribution in [0.15, 0.2) is 150 Å². The maximum absolute atomic E-state index is 6.76. The monoisotopic (exact) mass is 698 g/mol. The van der Waals surface area contributed by atoms with E-state index in [9.17, 15) is 0 Å². The molecule has 3 heterocycles. The van der Waals surface area contributed by atoms with Gasteiger partial charge in [-0.05, 0) is 70.1 Å². The lowest BCUT2D eigenvalue weighted by molar-refractivity contribution is 0.623. The van der Waals surface area contributed by atoms with Gasteiger partial charge in [0.1, 0.15) is 5.52 Å². The summed E-state index contributed by atoms with van der Waals surface area (Å²) < 4.78 is 9.26. The van der Waals surface area contributed by atoms with Crippen molar-refractivity contribution in [2.45, 2.75) is 19.3 Å². The van der Waals surface area contributed by atoms with Gasteiger partial charge >= 0.3 is 0 Å². The Hall–Kier alpha value is -6.50. The van der Waals surface area contributed by atoms with Crippen LogP contribution in [0.4, 0.5) is 0 Å². The number of thiophene rings is 1. The lowest BCUT2D eigenvalue weighted by Crippen LogP contribution is -2.14. The van der Waals surface area contributed by atoms with Crippen molar-refractivity contribution in [1.29, 1.82) is 0 Å². The maximum Gasteiger partial charge on any atom is 0.227 e. The third-order valence-electron chi connectivity index (χ3n) is 10.8. The first-order valence-electron chi connectivity index (χ1n) is 17.8. The van der Waals surface area contributed by atoms with E-state index in [-0.39, 0.29) is 5.41 Å². The number of benzene rings is 7. The van der Waals surface area contributed by atoms with Crippen molar-refractivity contribution >= 4 is 53.4 Å². The molecular weight excluding hydrogens is 669 g/mol. The SMILES string of the molecule is CC1(C)c2ccccc2-c2c1ccc1c(-c3nc(-c4ccccc4)nc(-c4ccc5sc6ccccc6c5c4)n3)cc3nc(-c4ccccc4)oc3c21. The molecule has 0 unspecified atom stereocenters. The fraction of sp³-hybridized carbons (Fsp3) is 0.0638. The van der Waals surface area contributed by atoms with Gasteiger partial charge in [0.15, 0.2) is 23.1 Å². The highest BCUT2D eigenvalue weighted by Gasteiger charge is 2.37. The molecule has 0 radical (unpaired) electrons. The van der Waals surface area contributed by atoms with Gasteiger partial charge < -0.3 is 4.42 Å². The van der Waals surface area contributed by atoms with Crippen molar-refractivity contribution in [2.75, 3.05) is 0 Å². The quantitative estimate of drug-likeness (QED) is 0.183. The summed E-state index contributed by atoms with van der Waals surface area (Å²) in [6, 6.07) is 50.7. The molecule has 0 aliphatic heterocycles. The van der Waals surface area contributed by atoms with E-state index in [0.717, 1.165) is 44.1 Å². The zero-order chi connectivity index (χ0) is 35.3. The molecular formula is C47H30N4OS. The molecule has 0 bridgehead atoms. The highest BCUT2D eigenvalue weighted by atomic mass is 32.1. The molecule has 0 fully saturated rings. The first-order chi connectivity index (χ1) is 26.0. The fourth-order valence-electron chi connectivity index (χ4n) is 8.17. The smallest absolute Gasteiger partial charge is 0.227 e. The second-order valence-electron chi connectivity index (χ2n) is 14.2. The Labute approximate surface area is 309 Å². The van der Waals surface area contributed by atoms with E-state index in [1.54, 1.807) is 11.3 Å². The molecule has 250 valence electrons. The fourth-order valence-corrected chi connectivity index (χ4v) is 9.26. The minimum atomic E-state index is -0.185. The Bertz CT molecular complexity index is 3090. The number of hydrogen-bond acceptors (Lipinski definition) is 6. The molecule has 6 heteroatoms. The number of rotatable bonds is 4. The summed E-state index contributed by atoms with van der Waals surface area (Å²) in [5.41, 5.74) is 9.97. The van der Waals surface area contributed by atoms with Crippen molar-refractivity contribution in [1.82, 2.24) is 19.9 Å². The molecule has 3 aromatic heterocycles. The second kappa shape index (κ2) is 11.2. The van der Waals surface area contributed by atoms with Gasteiger partial charge in [-0.1, -0.05) is 117 Å². The molecule has 11 rings (SSSR count). The summed E-state index contributed by atoms with van der Waals surface area (Å²) in [6.07, 6.45) is 0. The predicted octanol–water partition coefficient (Wildman–Crippen LogP) is 12.5. The molecule has 0 atom stereocenters. The van der Waals surface area contributed by atoms with Crippen LogP contribution in [0.1, 0.15) is 25.0 Å². The molecule has 7 aromatic carbocycles. The maximum atomic E-state index is 6.76. The number of nitrogens with zero attached hydrogens (tertiary/aromatic N) is 4. The van der Waals surface area contributed by atoms with Gasteiger partial charge in [-0.15, -0.1) is 11.3 Å². The van der Waals surface area contributed by atoms with Crippen molar-refractivity contribution in [2.24, 2.45) is 0 Å². The van der Waals surface area contributed by atoms with Crippen LogP contribution in [-0.4, -0.2) is 19.9 Å². The van der Waals surface area contributed by atoms with Crippen molar-refractivity contribution < 1.29 is 4.42 Å². The van der Waals surface area contributed by atoms with Crippen LogP contribution >= 0.6 is 11.3 Å². The highest BCUT2D eigenvalue weighted by molar-refractivity contribution is 7.25. The third kappa shape index (κ3) is 4.55. The van der Waals surface area contributed by atoms with Gasteiger partial charge in [-0.25, -0.2) is 19.9 Å². The first kappa shape index (κ1) is 30.2. The van der Waals surface area contributed by atoms with E-state index < -0.39 is 0 Å². The number of fused-ring (bicyclic) bond motifs is 10. The minimum Gasteiger partial charge on any atom is -0.435 e. The second-order valence-corrected chi connectivity index (χ2v) is 15.3. The number of hydrogen-bond donors (Lipinski definition) is 0. The third-order valence-corrected chi connectivity index (χ3v) is 11.9. The summed E-state index contributed by atoms with van der Waals surface area (Å²) in [5, 5.41) is 4.47. The van der Waals surface area contributed by atoms with Crippen molar-refractivity contribution in [3.05, 3.63) is 157 Å². The van der Waals surface area contributed by atoms with Gasteiger partial charge in [-0.3, -0.25) is 0 Å². The number of oxazole rings is 1. The number of aromatic nitrogens is 4. The molecule has 10 aromatic rings. The molecule has 0 saturated heterocycles. The zero-order valence-electron chi connectivity index (χ0n) is 29.0. The zero-order valence-corrected chi connectivity index (χ0v) is 29.8. The predicted molar refractivity (Wildman–Crippen MR) is 217 cm³/mol. The van der Waals surface area contributed by atoms with Crippen LogP contribution in [0.3, 0.4) is 0 Å². The molecule has 0 amide bonds. The molecule has 5 nitrogen and oxygen atoms in total. The Kier molecular flexibility index (Phi) is 6.40. The topological polar surface area (TPSA) is 64.7 Å². The van der Waals surface area contributed by atoms with Crippen LogP contribution in [0, 0.1) is 0 Å². The van der Waals surface area contributed by atoms with Crippen molar-refractivity contribution in [3.8, 4) is 56.7 Å². The Morgan fingerprint density at radius 1 is 0.491 bits per heavy atom. The highest BCUT2D eigenvalue weighted by Crippen LogP contribution is 2.53.